The van der Waals surface area contributed by atoms with E-state index in [1.807, 2.05) is 32.4 Å². The number of nitrogens with one attached hydrogen (secondary N) is 1. The van der Waals surface area contributed by atoms with Gasteiger partial charge < -0.3 is 15.2 Å². The molecule has 2 heterocycles. The number of anilines is 1. The van der Waals surface area contributed by atoms with Crippen LogP contribution in [0.15, 0.2) is 53.0 Å². The largest absolute Gasteiger partial charge is 0.496 e. The number of ketones is 2. The molecule has 222 valence electrons. The standard InChI is InChI=1S/C31H35N3O7S/c1-30(2)12-20(35)26-23(14-30)41-24-15-31(3,4)13-21(36)27(24)25(26)17-11-16(7-10-22(17)40-5)19-9-8-18(32)28(33-19)29(37)34-42(6,38)39/h7-11,25H,12-15,32H2,1-6H3,(H,34,37). The van der Waals surface area contributed by atoms with E-state index >= 15 is 0 Å². The predicted octanol–water partition coefficient (Wildman–Crippen LogP) is 4.43. The minimum atomic E-state index is -3.84. The van der Waals surface area contributed by atoms with Crippen molar-refractivity contribution in [2.45, 2.75) is 59.3 Å². The lowest BCUT2D eigenvalue weighted by Gasteiger charge is -2.43. The highest BCUT2D eigenvalue weighted by Gasteiger charge is 2.48. The summed E-state index contributed by atoms with van der Waals surface area (Å²) < 4.78 is 37.3. The zero-order chi connectivity index (χ0) is 30.8. The summed E-state index contributed by atoms with van der Waals surface area (Å²) in [4.78, 5) is 44.5. The second kappa shape index (κ2) is 10.1. The van der Waals surface area contributed by atoms with E-state index in [-0.39, 0.29) is 33.8 Å². The molecule has 1 aromatic heterocycles. The van der Waals surface area contributed by atoms with Crippen molar-refractivity contribution in [1.82, 2.24) is 9.71 Å². The number of nitrogens with two attached hydrogens (primary N) is 1. The van der Waals surface area contributed by atoms with E-state index in [4.69, 9.17) is 15.2 Å². The molecule has 0 saturated carbocycles. The maximum absolute atomic E-state index is 13.7. The molecule has 0 radical (unpaired) electrons. The number of carbonyl (C=O) groups is 3. The van der Waals surface area contributed by atoms with Gasteiger partial charge in [0.2, 0.25) is 10.0 Å². The quantitative estimate of drug-likeness (QED) is 0.512. The van der Waals surface area contributed by atoms with Gasteiger partial charge in [0.25, 0.3) is 5.91 Å². The van der Waals surface area contributed by atoms with Gasteiger partial charge in [0.15, 0.2) is 17.3 Å². The van der Waals surface area contributed by atoms with Gasteiger partial charge in [0, 0.05) is 48.0 Å². The molecule has 0 bridgehead atoms. The number of nitrogens with zero attached hydrogens (tertiary/aromatic N) is 1. The summed E-state index contributed by atoms with van der Waals surface area (Å²) in [5.74, 6) is -0.156. The summed E-state index contributed by atoms with van der Waals surface area (Å²) in [6.45, 7) is 8.10. The lowest BCUT2D eigenvalue weighted by atomic mass is 9.65. The number of ether oxygens (including phenoxy) is 2. The van der Waals surface area contributed by atoms with E-state index in [0.29, 0.717) is 70.9 Å². The SMILES string of the molecule is COc1ccc(-c2ccc(N)c(C(=O)NS(C)(=O)=O)n2)cc1C1C2=C(CC(C)(C)CC2=O)OC2=C1C(=O)CC(C)(C)C2. The fraction of sp³-hybridized carbons (Fsp3) is 0.419. The van der Waals surface area contributed by atoms with Crippen LogP contribution in [0.25, 0.3) is 11.3 Å². The van der Waals surface area contributed by atoms with Gasteiger partial charge >= 0.3 is 0 Å². The first-order chi connectivity index (χ1) is 19.5. The van der Waals surface area contributed by atoms with Crippen molar-refractivity contribution in [2.24, 2.45) is 10.8 Å². The Morgan fingerprint density at radius 1 is 0.976 bits per heavy atom. The maximum Gasteiger partial charge on any atom is 0.285 e. The van der Waals surface area contributed by atoms with Crippen LogP contribution in [0.3, 0.4) is 0 Å². The van der Waals surface area contributed by atoms with Crippen LogP contribution >= 0.6 is 0 Å². The Hall–Kier alpha value is -3.99. The number of hydrogen-bond acceptors (Lipinski definition) is 9. The summed E-state index contributed by atoms with van der Waals surface area (Å²) in [5.41, 5.74) is 7.56. The number of allylic oxidation sites excluding steroid dienone is 4. The van der Waals surface area contributed by atoms with Crippen LogP contribution in [0.2, 0.25) is 0 Å². The molecule has 3 aliphatic rings. The molecule has 1 aliphatic heterocycles. The van der Waals surface area contributed by atoms with E-state index < -0.39 is 21.8 Å². The third-order valence-corrected chi connectivity index (χ3v) is 8.39. The number of Topliss-reactive ketones (excluding diaryl/α,β-unsaturated/α-hetero) is 2. The molecule has 10 nitrogen and oxygen atoms in total. The molecular formula is C31H35N3O7S. The average molecular weight is 594 g/mol. The minimum Gasteiger partial charge on any atom is -0.496 e. The van der Waals surface area contributed by atoms with Crippen LogP contribution in [-0.4, -0.2) is 44.2 Å². The van der Waals surface area contributed by atoms with Crippen molar-refractivity contribution in [2.75, 3.05) is 19.1 Å². The molecule has 2 aliphatic carbocycles. The van der Waals surface area contributed by atoms with Crippen molar-refractivity contribution in [1.29, 1.82) is 0 Å². The zero-order valence-corrected chi connectivity index (χ0v) is 25.4. The van der Waals surface area contributed by atoms with Gasteiger partial charge in [-0.1, -0.05) is 27.7 Å². The third kappa shape index (κ3) is 5.57. The Balaban J connectivity index is 1.70. The molecular weight excluding hydrogens is 558 g/mol. The van der Waals surface area contributed by atoms with Crippen LogP contribution in [0.4, 0.5) is 5.69 Å². The lowest BCUT2D eigenvalue weighted by Crippen LogP contribution is -2.37. The maximum atomic E-state index is 13.7. The topological polar surface area (TPSA) is 155 Å². The third-order valence-electron chi connectivity index (χ3n) is 7.84. The predicted molar refractivity (Wildman–Crippen MR) is 157 cm³/mol. The van der Waals surface area contributed by atoms with Crippen LogP contribution in [-0.2, 0) is 24.3 Å². The summed E-state index contributed by atoms with van der Waals surface area (Å²) in [7, 11) is -2.32. The molecule has 11 heteroatoms. The first-order valence-corrected chi connectivity index (χ1v) is 15.5. The Morgan fingerprint density at radius 2 is 1.55 bits per heavy atom. The highest BCUT2D eigenvalue weighted by atomic mass is 32.2. The van der Waals surface area contributed by atoms with Crippen LogP contribution < -0.4 is 15.2 Å². The number of aromatic nitrogens is 1. The van der Waals surface area contributed by atoms with E-state index in [9.17, 15) is 22.8 Å². The molecule has 0 spiro atoms. The number of methoxy groups -OCH3 is 1. The molecule has 3 N–H and O–H groups in total. The molecule has 0 saturated heterocycles. The van der Waals surface area contributed by atoms with Crippen molar-refractivity contribution in [3.63, 3.8) is 0 Å². The Kier molecular flexibility index (Phi) is 7.08. The van der Waals surface area contributed by atoms with Crippen LogP contribution in [0.5, 0.6) is 5.75 Å². The number of pyridine rings is 1. The highest BCUT2D eigenvalue weighted by Crippen LogP contribution is 2.54. The van der Waals surface area contributed by atoms with Gasteiger partial charge in [-0.25, -0.2) is 18.1 Å². The number of carbonyl (C=O) groups excluding carboxylic acids is 3. The minimum absolute atomic E-state index is 0.00786. The highest BCUT2D eigenvalue weighted by molar-refractivity contribution is 7.89. The Bertz CT molecular complexity index is 1670. The second-order valence-electron chi connectivity index (χ2n) is 12.9. The molecule has 1 amide bonds. The number of sulfonamides is 1. The molecule has 0 atom stereocenters. The first-order valence-electron chi connectivity index (χ1n) is 13.7. The lowest BCUT2D eigenvalue weighted by molar-refractivity contribution is -0.120. The van der Waals surface area contributed by atoms with Crippen molar-refractivity contribution >= 4 is 33.2 Å². The Labute approximate surface area is 245 Å². The van der Waals surface area contributed by atoms with Crippen LogP contribution in [0, 0.1) is 10.8 Å². The number of nitrogen functional groups attached to an aromatic ring is 1. The fourth-order valence-electron chi connectivity index (χ4n) is 6.13. The van der Waals surface area contributed by atoms with Crippen molar-refractivity contribution in [3.05, 3.63) is 64.3 Å². The first kappa shape index (κ1) is 29.5. The molecule has 2 aromatic rings. The Morgan fingerprint density at radius 3 is 2.07 bits per heavy atom. The van der Waals surface area contributed by atoms with Crippen LogP contribution in [0.1, 0.15) is 75.3 Å². The van der Waals surface area contributed by atoms with Gasteiger partial charge in [-0.2, -0.15) is 0 Å². The van der Waals surface area contributed by atoms with E-state index in [1.165, 1.54) is 13.2 Å². The summed E-state index contributed by atoms with van der Waals surface area (Å²) >= 11 is 0. The van der Waals surface area contributed by atoms with E-state index in [0.717, 1.165) is 6.26 Å². The van der Waals surface area contributed by atoms with Gasteiger partial charge in [-0.3, -0.25) is 14.4 Å². The smallest absolute Gasteiger partial charge is 0.285 e. The van der Waals surface area contributed by atoms with Crippen molar-refractivity contribution < 1.29 is 32.3 Å². The molecule has 5 rings (SSSR count). The van der Waals surface area contributed by atoms with E-state index in [2.05, 4.69) is 4.98 Å². The zero-order valence-electron chi connectivity index (χ0n) is 24.6. The number of benzene rings is 1. The molecule has 0 fully saturated rings. The van der Waals surface area contributed by atoms with E-state index in [1.54, 1.807) is 24.3 Å². The number of hydrogen-bond donors (Lipinski definition) is 2. The normalized spacial score (nSPS) is 20.0. The summed E-state index contributed by atoms with van der Waals surface area (Å²) in [5, 5.41) is 0. The summed E-state index contributed by atoms with van der Waals surface area (Å²) in [6.07, 6.45) is 2.59. The van der Waals surface area contributed by atoms with Gasteiger partial charge in [0.1, 0.15) is 17.3 Å². The van der Waals surface area contributed by atoms with Crippen molar-refractivity contribution in [3.8, 4) is 17.0 Å². The molecule has 0 unspecified atom stereocenters. The van der Waals surface area contributed by atoms with Gasteiger partial charge in [0.05, 0.1) is 30.7 Å². The summed E-state index contributed by atoms with van der Waals surface area (Å²) in [6, 6.07) is 8.34. The number of amides is 1. The van der Waals surface area contributed by atoms with Gasteiger partial charge in [-0.05, 0) is 41.2 Å². The number of rotatable bonds is 5. The monoisotopic (exact) mass is 593 g/mol. The average Bonchev–Trinajstić information content (AvgIpc) is 2.84. The fourth-order valence-corrected chi connectivity index (χ4v) is 6.57. The molecule has 42 heavy (non-hydrogen) atoms. The molecule has 1 aromatic carbocycles. The van der Waals surface area contributed by atoms with Gasteiger partial charge in [-0.15, -0.1) is 0 Å². The second-order valence-corrected chi connectivity index (χ2v) is 14.6.